The van der Waals surface area contributed by atoms with E-state index >= 15 is 0 Å². The third kappa shape index (κ3) is 3.32. The minimum atomic E-state index is -0.835. The second-order valence-corrected chi connectivity index (χ2v) is 3.37. The van der Waals surface area contributed by atoms with Crippen molar-refractivity contribution < 1.29 is 14.6 Å². The fourth-order valence-electron chi connectivity index (χ4n) is 1.48. The Kier molecular flexibility index (Phi) is 4.18. The Bertz CT molecular complexity index is 172. The highest BCUT2D eigenvalue weighted by molar-refractivity contribution is 5.72. The van der Waals surface area contributed by atoms with Crippen LogP contribution in [0.3, 0.4) is 0 Å². The molecule has 2 atom stereocenters. The zero-order valence-electron chi connectivity index (χ0n) is 7.95. The molecule has 76 valence electrons. The van der Waals surface area contributed by atoms with E-state index in [0.717, 1.165) is 25.9 Å². The predicted molar refractivity (Wildman–Crippen MR) is 48.7 cm³/mol. The SMILES string of the molecule is CCCNCC1CCC(C(=O)O)O1. The van der Waals surface area contributed by atoms with Crippen LogP contribution < -0.4 is 5.32 Å². The van der Waals surface area contributed by atoms with Gasteiger partial charge in [0.05, 0.1) is 6.10 Å². The highest BCUT2D eigenvalue weighted by atomic mass is 16.5. The van der Waals surface area contributed by atoms with Gasteiger partial charge in [-0.1, -0.05) is 6.92 Å². The van der Waals surface area contributed by atoms with Crippen molar-refractivity contribution in [2.45, 2.75) is 38.4 Å². The summed E-state index contributed by atoms with van der Waals surface area (Å²) in [6.07, 6.45) is 2.11. The molecule has 4 heteroatoms. The lowest BCUT2D eigenvalue weighted by atomic mass is 10.2. The molecule has 0 aromatic carbocycles. The van der Waals surface area contributed by atoms with Crippen molar-refractivity contribution in [3.63, 3.8) is 0 Å². The Morgan fingerprint density at radius 2 is 2.38 bits per heavy atom. The van der Waals surface area contributed by atoms with Gasteiger partial charge >= 0.3 is 5.97 Å². The summed E-state index contributed by atoms with van der Waals surface area (Å²) in [5.74, 6) is -0.835. The summed E-state index contributed by atoms with van der Waals surface area (Å²) in [6.45, 7) is 3.85. The average molecular weight is 187 g/mol. The number of hydrogen-bond donors (Lipinski definition) is 2. The van der Waals surface area contributed by atoms with Crippen LogP contribution in [0, 0.1) is 0 Å². The maximum atomic E-state index is 10.5. The molecule has 1 heterocycles. The summed E-state index contributed by atoms with van der Waals surface area (Å²) < 4.78 is 5.31. The van der Waals surface area contributed by atoms with Gasteiger partial charge in [-0.05, 0) is 25.8 Å². The van der Waals surface area contributed by atoms with E-state index in [1.807, 2.05) is 0 Å². The van der Waals surface area contributed by atoms with Gasteiger partial charge in [0.2, 0.25) is 0 Å². The number of carbonyl (C=O) groups is 1. The number of carboxylic acid groups (broad SMARTS) is 1. The van der Waals surface area contributed by atoms with Crippen LogP contribution in [0.5, 0.6) is 0 Å². The molecule has 0 bridgehead atoms. The highest BCUT2D eigenvalue weighted by Crippen LogP contribution is 2.18. The third-order valence-electron chi connectivity index (χ3n) is 2.18. The first kappa shape index (κ1) is 10.5. The Morgan fingerprint density at radius 3 is 2.92 bits per heavy atom. The Morgan fingerprint density at radius 1 is 1.62 bits per heavy atom. The fraction of sp³-hybridized carbons (Fsp3) is 0.889. The summed E-state index contributed by atoms with van der Waals surface area (Å²) in [7, 11) is 0. The first-order valence-electron chi connectivity index (χ1n) is 4.83. The van der Waals surface area contributed by atoms with Crippen molar-refractivity contribution in [1.29, 1.82) is 0 Å². The molecule has 1 aliphatic heterocycles. The Labute approximate surface area is 78.3 Å². The fourth-order valence-corrected chi connectivity index (χ4v) is 1.48. The highest BCUT2D eigenvalue weighted by Gasteiger charge is 2.29. The van der Waals surface area contributed by atoms with E-state index in [1.54, 1.807) is 0 Å². The summed E-state index contributed by atoms with van der Waals surface area (Å²) in [4.78, 5) is 10.5. The second kappa shape index (κ2) is 5.19. The van der Waals surface area contributed by atoms with Gasteiger partial charge in [0.1, 0.15) is 0 Å². The van der Waals surface area contributed by atoms with Gasteiger partial charge in [-0.25, -0.2) is 4.79 Å². The van der Waals surface area contributed by atoms with Crippen molar-refractivity contribution in [1.82, 2.24) is 5.32 Å². The zero-order chi connectivity index (χ0) is 9.68. The average Bonchev–Trinajstić information content (AvgIpc) is 2.53. The number of carboxylic acids is 1. The van der Waals surface area contributed by atoms with Crippen LogP contribution in [-0.4, -0.2) is 36.4 Å². The molecule has 1 aliphatic rings. The largest absolute Gasteiger partial charge is 0.479 e. The lowest BCUT2D eigenvalue weighted by Gasteiger charge is -2.11. The minimum Gasteiger partial charge on any atom is -0.479 e. The molecule has 0 spiro atoms. The number of rotatable bonds is 5. The van der Waals surface area contributed by atoms with Crippen molar-refractivity contribution in [3.05, 3.63) is 0 Å². The molecule has 0 aromatic heterocycles. The van der Waals surface area contributed by atoms with E-state index in [2.05, 4.69) is 12.2 Å². The maximum absolute atomic E-state index is 10.5. The number of aliphatic carboxylic acids is 1. The van der Waals surface area contributed by atoms with Crippen LogP contribution in [-0.2, 0) is 9.53 Å². The topological polar surface area (TPSA) is 58.6 Å². The van der Waals surface area contributed by atoms with Gasteiger partial charge in [0, 0.05) is 6.54 Å². The lowest BCUT2D eigenvalue weighted by Crippen LogP contribution is -2.29. The third-order valence-corrected chi connectivity index (χ3v) is 2.18. The molecule has 2 N–H and O–H groups in total. The van der Waals surface area contributed by atoms with E-state index in [4.69, 9.17) is 9.84 Å². The van der Waals surface area contributed by atoms with Crippen molar-refractivity contribution in [2.75, 3.05) is 13.1 Å². The standard InChI is InChI=1S/C9H17NO3/c1-2-5-10-6-7-3-4-8(13-7)9(11)12/h7-8,10H,2-6H2,1H3,(H,11,12). The molecule has 0 amide bonds. The normalized spacial score (nSPS) is 27.8. The van der Waals surface area contributed by atoms with Gasteiger partial charge in [-0.2, -0.15) is 0 Å². The quantitative estimate of drug-likeness (QED) is 0.619. The molecule has 1 saturated heterocycles. The maximum Gasteiger partial charge on any atom is 0.332 e. The molecular weight excluding hydrogens is 170 g/mol. The molecule has 0 radical (unpaired) electrons. The van der Waals surface area contributed by atoms with E-state index in [-0.39, 0.29) is 6.10 Å². The first-order valence-corrected chi connectivity index (χ1v) is 4.83. The van der Waals surface area contributed by atoms with Crippen LogP contribution in [0.25, 0.3) is 0 Å². The first-order chi connectivity index (χ1) is 6.24. The van der Waals surface area contributed by atoms with Gasteiger partial charge in [-0.3, -0.25) is 0 Å². The molecular formula is C9H17NO3. The number of ether oxygens (including phenoxy) is 1. The molecule has 1 fully saturated rings. The van der Waals surface area contributed by atoms with E-state index < -0.39 is 12.1 Å². The number of nitrogens with one attached hydrogen (secondary N) is 1. The summed E-state index contributed by atoms with van der Waals surface area (Å²) in [5.41, 5.74) is 0. The monoisotopic (exact) mass is 187 g/mol. The smallest absolute Gasteiger partial charge is 0.332 e. The minimum absolute atomic E-state index is 0.0904. The summed E-state index contributed by atoms with van der Waals surface area (Å²) >= 11 is 0. The van der Waals surface area contributed by atoms with E-state index in [1.165, 1.54) is 0 Å². The second-order valence-electron chi connectivity index (χ2n) is 3.37. The van der Waals surface area contributed by atoms with Crippen molar-refractivity contribution in [3.8, 4) is 0 Å². The molecule has 0 aliphatic carbocycles. The zero-order valence-corrected chi connectivity index (χ0v) is 7.95. The van der Waals surface area contributed by atoms with Gasteiger partial charge in [0.15, 0.2) is 6.10 Å². The van der Waals surface area contributed by atoms with Crippen LogP contribution in [0.2, 0.25) is 0 Å². The van der Waals surface area contributed by atoms with Crippen LogP contribution >= 0.6 is 0 Å². The Hall–Kier alpha value is -0.610. The molecule has 0 saturated carbocycles. The summed E-state index contributed by atoms with van der Waals surface area (Å²) in [6, 6.07) is 0. The van der Waals surface area contributed by atoms with Crippen LogP contribution in [0.1, 0.15) is 26.2 Å². The predicted octanol–water partition coefficient (Wildman–Crippen LogP) is 0.618. The summed E-state index contributed by atoms with van der Waals surface area (Å²) in [5, 5.41) is 11.9. The lowest BCUT2D eigenvalue weighted by molar-refractivity contribution is -0.149. The van der Waals surface area contributed by atoms with E-state index in [0.29, 0.717) is 6.42 Å². The van der Waals surface area contributed by atoms with Crippen molar-refractivity contribution >= 4 is 5.97 Å². The van der Waals surface area contributed by atoms with Crippen molar-refractivity contribution in [2.24, 2.45) is 0 Å². The van der Waals surface area contributed by atoms with Gasteiger partial charge in [-0.15, -0.1) is 0 Å². The molecule has 1 rings (SSSR count). The van der Waals surface area contributed by atoms with Crippen LogP contribution in [0.15, 0.2) is 0 Å². The Balaban J connectivity index is 2.14. The van der Waals surface area contributed by atoms with Gasteiger partial charge < -0.3 is 15.2 Å². The molecule has 2 unspecified atom stereocenters. The van der Waals surface area contributed by atoms with E-state index in [9.17, 15) is 4.79 Å². The number of hydrogen-bond acceptors (Lipinski definition) is 3. The molecule has 4 nitrogen and oxygen atoms in total. The molecule has 0 aromatic rings. The van der Waals surface area contributed by atoms with Gasteiger partial charge in [0.25, 0.3) is 0 Å². The molecule has 13 heavy (non-hydrogen) atoms. The van der Waals surface area contributed by atoms with Crippen LogP contribution in [0.4, 0.5) is 0 Å².